The molecule has 214 valence electrons. The van der Waals surface area contributed by atoms with E-state index in [0.29, 0.717) is 22.8 Å². The molecule has 2 spiro atoms. The Morgan fingerprint density at radius 3 is 1.50 bits per heavy atom. The minimum Gasteiger partial charge on any atom is -0.339 e. The van der Waals surface area contributed by atoms with Crippen LogP contribution < -0.4 is 4.90 Å². The van der Waals surface area contributed by atoms with Crippen molar-refractivity contribution >= 4 is 5.95 Å². The number of hydrogen-bond acceptors (Lipinski definition) is 7. The van der Waals surface area contributed by atoms with Crippen LogP contribution in [-0.2, 0) is 0 Å². The topological polar surface area (TPSA) is 42.0 Å². The van der Waals surface area contributed by atoms with Crippen LogP contribution in [0.25, 0.3) is 0 Å². The van der Waals surface area contributed by atoms with Crippen LogP contribution in [0.3, 0.4) is 0 Å². The van der Waals surface area contributed by atoms with Gasteiger partial charge in [0.15, 0.2) is 0 Å². The average Bonchev–Trinajstić information content (AvgIpc) is 2.76. The molecule has 0 unspecified atom stereocenters. The molecule has 5 aliphatic rings. The second kappa shape index (κ2) is 10.9. The smallest absolute Gasteiger partial charge is 0.225 e. The van der Waals surface area contributed by atoms with Gasteiger partial charge in [0.05, 0.1) is 0 Å². The summed E-state index contributed by atoms with van der Waals surface area (Å²) in [7, 11) is 0. The first-order valence-corrected chi connectivity index (χ1v) is 15.5. The van der Waals surface area contributed by atoms with E-state index in [2.05, 4.69) is 89.9 Å². The van der Waals surface area contributed by atoms with E-state index in [-0.39, 0.29) is 0 Å². The molecule has 5 saturated heterocycles. The van der Waals surface area contributed by atoms with Gasteiger partial charge < -0.3 is 9.80 Å². The molecular formula is C31H55N7. The SMILES string of the molecule is CC(C)N1CCC(N2CC3(CN(C(C)C)C3)C2)CC1.CC(C)c1cnc(N2CC3(C2)CN(C(C)C)C3)nc1. The van der Waals surface area contributed by atoms with E-state index in [9.17, 15) is 0 Å². The number of rotatable bonds is 6. The summed E-state index contributed by atoms with van der Waals surface area (Å²) in [4.78, 5) is 21.9. The Morgan fingerprint density at radius 2 is 1.08 bits per heavy atom. The molecule has 0 radical (unpaired) electrons. The molecule has 5 fully saturated rings. The monoisotopic (exact) mass is 525 g/mol. The second-order valence-corrected chi connectivity index (χ2v) is 14.6. The van der Waals surface area contributed by atoms with Gasteiger partial charge in [0.2, 0.25) is 5.95 Å². The Hall–Kier alpha value is -1.28. The molecule has 0 aromatic carbocycles. The van der Waals surface area contributed by atoms with E-state index >= 15 is 0 Å². The fraction of sp³-hybridized carbons (Fsp3) is 0.871. The third-order valence-electron chi connectivity index (χ3n) is 10.1. The zero-order chi connectivity index (χ0) is 27.2. The van der Waals surface area contributed by atoms with Crippen LogP contribution in [0.1, 0.15) is 79.7 Å². The Labute approximate surface area is 232 Å². The van der Waals surface area contributed by atoms with Gasteiger partial charge in [0.25, 0.3) is 0 Å². The second-order valence-electron chi connectivity index (χ2n) is 14.6. The number of anilines is 1. The summed E-state index contributed by atoms with van der Waals surface area (Å²) < 4.78 is 0. The quantitative estimate of drug-likeness (QED) is 0.556. The lowest BCUT2D eigenvalue weighted by molar-refractivity contribution is -0.145. The number of aromatic nitrogens is 2. The van der Waals surface area contributed by atoms with Crippen LogP contribution in [0.4, 0.5) is 5.95 Å². The first-order chi connectivity index (χ1) is 18.0. The number of piperidine rings is 1. The number of nitrogens with zero attached hydrogens (tertiary/aromatic N) is 7. The predicted octanol–water partition coefficient (Wildman–Crippen LogP) is 4.02. The maximum Gasteiger partial charge on any atom is 0.225 e. The molecule has 1 aromatic rings. The van der Waals surface area contributed by atoms with E-state index in [1.807, 2.05) is 12.4 Å². The van der Waals surface area contributed by atoms with Gasteiger partial charge in [-0.1, -0.05) is 13.8 Å². The molecule has 5 aliphatic heterocycles. The van der Waals surface area contributed by atoms with Crippen LogP contribution >= 0.6 is 0 Å². The highest BCUT2D eigenvalue weighted by Gasteiger charge is 2.54. The maximum atomic E-state index is 4.50. The van der Waals surface area contributed by atoms with Gasteiger partial charge in [-0.05, 0) is 79.0 Å². The normalized spacial score (nSPS) is 25.9. The van der Waals surface area contributed by atoms with Gasteiger partial charge in [-0.15, -0.1) is 0 Å². The van der Waals surface area contributed by atoms with E-state index in [0.717, 1.165) is 37.2 Å². The molecule has 0 bridgehead atoms. The van der Waals surface area contributed by atoms with Gasteiger partial charge in [-0.25, -0.2) is 9.97 Å². The van der Waals surface area contributed by atoms with E-state index in [4.69, 9.17) is 0 Å². The summed E-state index contributed by atoms with van der Waals surface area (Å²) in [5.74, 6) is 1.40. The van der Waals surface area contributed by atoms with Crippen molar-refractivity contribution in [3.8, 4) is 0 Å². The van der Waals surface area contributed by atoms with Gasteiger partial charge in [-0.2, -0.15) is 0 Å². The van der Waals surface area contributed by atoms with Gasteiger partial charge >= 0.3 is 0 Å². The standard InChI is InChI=1S/C16H31N3.C15H24N4/c1-13(2)17-7-5-15(6-8-17)19-11-16(12-19)9-18(10-16)14(3)4;1-11(2)13-5-16-14(17-6-13)19-9-15(10-19)7-18(8-15)12(3)4/h13-15H,5-12H2,1-4H3;5-6,11-12H,7-10H2,1-4H3. The summed E-state index contributed by atoms with van der Waals surface area (Å²) >= 11 is 0. The van der Waals surface area contributed by atoms with Crippen molar-refractivity contribution in [3.63, 3.8) is 0 Å². The minimum absolute atomic E-state index is 0.503. The molecule has 38 heavy (non-hydrogen) atoms. The third kappa shape index (κ3) is 5.77. The molecular weight excluding hydrogens is 470 g/mol. The van der Waals surface area contributed by atoms with E-state index in [1.54, 1.807) is 0 Å². The fourth-order valence-corrected chi connectivity index (χ4v) is 7.30. The first-order valence-electron chi connectivity index (χ1n) is 15.5. The summed E-state index contributed by atoms with van der Waals surface area (Å²) in [6.07, 6.45) is 6.72. The summed E-state index contributed by atoms with van der Waals surface area (Å²) in [5, 5.41) is 0. The molecule has 7 heteroatoms. The van der Waals surface area contributed by atoms with E-state index < -0.39 is 0 Å². The van der Waals surface area contributed by atoms with Crippen LogP contribution in [0.15, 0.2) is 12.4 Å². The summed E-state index contributed by atoms with van der Waals surface area (Å²) in [6, 6.07) is 3.04. The average molecular weight is 526 g/mol. The molecule has 6 rings (SSSR count). The van der Waals surface area contributed by atoms with Crippen molar-refractivity contribution in [2.75, 3.05) is 70.3 Å². The van der Waals surface area contributed by atoms with Crippen LogP contribution in [-0.4, -0.2) is 119 Å². The Morgan fingerprint density at radius 1 is 0.632 bits per heavy atom. The van der Waals surface area contributed by atoms with Crippen molar-refractivity contribution in [3.05, 3.63) is 18.0 Å². The molecule has 1 aromatic heterocycles. The Balaban J connectivity index is 0.000000155. The van der Waals surface area contributed by atoms with Crippen molar-refractivity contribution in [2.45, 2.75) is 98.3 Å². The highest BCUT2D eigenvalue weighted by atomic mass is 15.4. The fourth-order valence-electron chi connectivity index (χ4n) is 7.30. The van der Waals surface area contributed by atoms with Gasteiger partial charge in [0, 0.05) is 99.7 Å². The van der Waals surface area contributed by atoms with Crippen LogP contribution in [0.2, 0.25) is 0 Å². The first kappa shape index (κ1) is 28.3. The lowest BCUT2D eigenvalue weighted by Gasteiger charge is -2.63. The zero-order valence-electron chi connectivity index (χ0n) is 25.7. The van der Waals surface area contributed by atoms with Gasteiger partial charge in [0.1, 0.15) is 0 Å². The molecule has 7 nitrogen and oxygen atoms in total. The van der Waals surface area contributed by atoms with Crippen molar-refractivity contribution in [2.24, 2.45) is 10.8 Å². The number of likely N-dealkylation sites (tertiary alicyclic amines) is 4. The predicted molar refractivity (Wildman–Crippen MR) is 158 cm³/mol. The van der Waals surface area contributed by atoms with Gasteiger partial charge in [-0.3, -0.25) is 14.7 Å². The lowest BCUT2D eigenvalue weighted by atomic mass is 9.71. The Bertz CT molecular complexity index is 891. The zero-order valence-corrected chi connectivity index (χ0v) is 25.7. The highest BCUT2D eigenvalue weighted by Crippen LogP contribution is 2.43. The summed E-state index contributed by atoms with van der Waals surface area (Å²) in [5.41, 5.74) is 2.44. The minimum atomic E-state index is 0.503. The summed E-state index contributed by atoms with van der Waals surface area (Å²) in [6.45, 7) is 31.0. The lowest BCUT2D eigenvalue weighted by Crippen LogP contribution is -2.74. The van der Waals surface area contributed by atoms with Crippen molar-refractivity contribution in [1.29, 1.82) is 0 Å². The molecule has 0 amide bonds. The van der Waals surface area contributed by atoms with Crippen molar-refractivity contribution < 1.29 is 0 Å². The molecule has 0 N–H and O–H groups in total. The maximum absolute atomic E-state index is 4.50. The molecule has 6 heterocycles. The third-order valence-corrected chi connectivity index (χ3v) is 10.1. The van der Waals surface area contributed by atoms with Crippen LogP contribution in [0, 0.1) is 10.8 Å². The number of hydrogen-bond donors (Lipinski definition) is 0. The highest BCUT2D eigenvalue weighted by molar-refractivity contribution is 5.38. The van der Waals surface area contributed by atoms with Crippen LogP contribution in [0.5, 0.6) is 0 Å². The van der Waals surface area contributed by atoms with Crippen molar-refractivity contribution in [1.82, 2.24) is 29.6 Å². The molecule has 0 atom stereocenters. The van der Waals surface area contributed by atoms with E-state index in [1.165, 1.54) is 70.8 Å². The Kier molecular flexibility index (Phi) is 8.14. The largest absolute Gasteiger partial charge is 0.339 e. The molecule has 0 saturated carbocycles. The molecule has 0 aliphatic carbocycles.